The van der Waals surface area contributed by atoms with E-state index >= 15 is 0 Å². The Labute approximate surface area is 169 Å². The van der Waals surface area contributed by atoms with Gasteiger partial charge in [0.2, 0.25) is 0 Å². The summed E-state index contributed by atoms with van der Waals surface area (Å²) in [5.41, 5.74) is 7.41. The van der Waals surface area contributed by atoms with Crippen LogP contribution in [0.25, 0.3) is 27.1 Å². The second kappa shape index (κ2) is 6.71. The first kappa shape index (κ1) is 17.9. The lowest BCUT2D eigenvalue weighted by molar-refractivity contribution is 0.464. The van der Waals surface area contributed by atoms with E-state index in [1.165, 1.54) is 45.4 Å². The molecule has 146 valence electrons. The topological polar surface area (TPSA) is 58.0 Å². The van der Waals surface area contributed by atoms with Crippen LogP contribution in [0, 0.1) is 13.8 Å². The van der Waals surface area contributed by atoms with Gasteiger partial charge in [-0.05, 0) is 74.4 Å². The predicted octanol–water partition coefficient (Wildman–Crippen LogP) is 5.15. The molecule has 1 aliphatic rings. The summed E-state index contributed by atoms with van der Waals surface area (Å²) in [7, 11) is 0. The van der Waals surface area contributed by atoms with E-state index in [2.05, 4.69) is 60.3 Å². The van der Waals surface area contributed by atoms with Gasteiger partial charge in [-0.15, -0.1) is 11.3 Å². The molecule has 0 unspecified atom stereocenters. The minimum Gasteiger partial charge on any atom is -0.346 e. The molecule has 28 heavy (non-hydrogen) atoms. The standard InChI is InChI=1S/C22H27N5S/c1-12(2)17-18-14(4)20(15-5-7-23-8-6-15)28-22(18)26-19(17)16-9-13(3)21-24-11-25-27(21)10-16/h9-12,15,23,26H,5-8H2,1-4H3. The van der Waals surface area contributed by atoms with Gasteiger partial charge < -0.3 is 10.3 Å². The van der Waals surface area contributed by atoms with Crippen LogP contribution < -0.4 is 5.32 Å². The fourth-order valence-electron chi connectivity index (χ4n) is 4.76. The van der Waals surface area contributed by atoms with E-state index in [0.29, 0.717) is 11.8 Å². The molecule has 0 bridgehead atoms. The molecule has 0 aromatic carbocycles. The van der Waals surface area contributed by atoms with Gasteiger partial charge in [-0.3, -0.25) is 0 Å². The molecular formula is C22H27N5S. The number of H-pyrrole nitrogens is 1. The van der Waals surface area contributed by atoms with Crippen LogP contribution in [0.3, 0.4) is 0 Å². The van der Waals surface area contributed by atoms with Crippen molar-refractivity contribution in [3.8, 4) is 11.3 Å². The highest BCUT2D eigenvalue weighted by molar-refractivity contribution is 7.19. The summed E-state index contributed by atoms with van der Waals surface area (Å²) >= 11 is 1.97. The van der Waals surface area contributed by atoms with E-state index in [9.17, 15) is 0 Å². The summed E-state index contributed by atoms with van der Waals surface area (Å²) in [6.07, 6.45) is 6.21. The van der Waals surface area contributed by atoms with E-state index < -0.39 is 0 Å². The Bertz CT molecular complexity index is 1160. The molecular weight excluding hydrogens is 366 g/mol. The van der Waals surface area contributed by atoms with Gasteiger partial charge in [0.05, 0.1) is 5.69 Å². The summed E-state index contributed by atoms with van der Waals surface area (Å²) in [6, 6.07) is 2.23. The maximum atomic E-state index is 4.36. The molecule has 0 spiro atoms. The normalized spacial score (nSPS) is 16.0. The van der Waals surface area contributed by atoms with Crippen molar-refractivity contribution in [2.45, 2.75) is 52.4 Å². The molecule has 0 saturated carbocycles. The van der Waals surface area contributed by atoms with E-state index in [1.807, 2.05) is 15.9 Å². The number of aromatic nitrogens is 4. The average Bonchev–Trinajstić information content (AvgIpc) is 3.37. The summed E-state index contributed by atoms with van der Waals surface area (Å²) < 4.78 is 1.89. The minimum absolute atomic E-state index is 0.449. The van der Waals surface area contributed by atoms with Gasteiger partial charge in [-0.2, -0.15) is 5.10 Å². The van der Waals surface area contributed by atoms with Crippen molar-refractivity contribution in [3.05, 3.63) is 40.2 Å². The van der Waals surface area contributed by atoms with Crippen LogP contribution in [0.2, 0.25) is 0 Å². The second-order valence-electron chi connectivity index (χ2n) is 8.33. The van der Waals surface area contributed by atoms with Gasteiger partial charge in [0.15, 0.2) is 5.65 Å². The highest BCUT2D eigenvalue weighted by Crippen LogP contribution is 2.45. The second-order valence-corrected chi connectivity index (χ2v) is 9.38. The quantitative estimate of drug-likeness (QED) is 0.506. The molecule has 5 nitrogen and oxygen atoms in total. The van der Waals surface area contributed by atoms with Crippen LogP contribution in [0.15, 0.2) is 18.6 Å². The number of pyridine rings is 1. The van der Waals surface area contributed by atoms with Gasteiger partial charge in [0, 0.05) is 22.0 Å². The highest BCUT2D eigenvalue weighted by Gasteiger charge is 2.26. The Morgan fingerprint density at radius 1 is 1.21 bits per heavy atom. The van der Waals surface area contributed by atoms with Gasteiger partial charge in [-0.25, -0.2) is 9.50 Å². The molecule has 0 radical (unpaired) electrons. The molecule has 5 rings (SSSR count). The predicted molar refractivity (Wildman–Crippen MR) is 117 cm³/mol. The highest BCUT2D eigenvalue weighted by atomic mass is 32.1. The number of piperidine rings is 1. The maximum absolute atomic E-state index is 4.36. The molecule has 0 amide bonds. The van der Waals surface area contributed by atoms with Crippen LogP contribution >= 0.6 is 11.3 Å². The molecule has 4 aromatic rings. The Morgan fingerprint density at radius 3 is 2.75 bits per heavy atom. The van der Waals surface area contributed by atoms with Crippen LogP contribution in [-0.4, -0.2) is 32.7 Å². The first-order chi connectivity index (χ1) is 13.5. The maximum Gasteiger partial charge on any atom is 0.158 e. The lowest BCUT2D eigenvalue weighted by Crippen LogP contribution is -2.26. The summed E-state index contributed by atoms with van der Waals surface area (Å²) in [6.45, 7) is 11.3. The molecule has 1 aliphatic heterocycles. The van der Waals surface area contributed by atoms with E-state index in [4.69, 9.17) is 0 Å². The molecule has 0 aliphatic carbocycles. The monoisotopic (exact) mass is 393 g/mol. The largest absolute Gasteiger partial charge is 0.346 e. The number of nitrogens with zero attached hydrogens (tertiary/aromatic N) is 3. The average molecular weight is 394 g/mol. The number of aryl methyl sites for hydroxylation is 2. The van der Waals surface area contributed by atoms with Gasteiger partial charge >= 0.3 is 0 Å². The van der Waals surface area contributed by atoms with Crippen LogP contribution in [-0.2, 0) is 0 Å². The van der Waals surface area contributed by atoms with Crippen molar-refractivity contribution in [1.29, 1.82) is 0 Å². The molecule has 6 heteroatoms. The molecule has 0 atom stereocenters. The number of rotatable bonds is 3. The van der Waals surface area contributed by atoms with Crippen LogP contribution in [0.1, 0.15) is 60.1 Å². The van der Waals surface area contributed by atoms with E-state index in [0.717, 1.165) is 24.3 Å². The smallest absolute Gasteiger partial charge is 0.158 e. The summed E-state index contributed by atoms with van der Waals surface area (Å²) in [4.78, 5) is 11.0. The third-order valence-corrected chi connectivity index (χ3v) is 7.47. The molecule has 4 aromatic heterocycles. The number of thiophene rings is 1. The molecule has 1 fully saturated rings. The number of hydrogen-bond acceptors (Lipinski definition) is 4. The minimum atomic E-state index is 0.449. The summed E-state index contributed by atoms with van der Waals surface area (Å²) in [5, 5.41) is 9.30. The molecule has 5 heterocycles. The van der Waals surface area contributed by atoms with E-state index in [-0.39, 0.29) is 0 Å². The van der Waals surface area contributed by atoms with E-state index in [1.54, 1.807) is 11.2 Å². The number of aromatic amines is 1. The Morgan fingerprint density at radius 2 is 2.00 bits per heavy atom. The van der Waals surface area contributed by atoms with Crippen LogP contribution in [0.4, 0.5) is 0 Å². The third-order valence-electron chi connectivity index (χ3n) is 6.10. The fraction of sp³-hybridized carbons (Fsp3) is 0.455. The molecule has 1 saturated heterocycles. The Hall–Kier alpha value is -2.18. The Balaban J connectivity index is 1.69. The lowest BCUT2D eigenvalue weighted by atomic mass is 9.91. The van der Waals surface area contributed by atoms with Crippen molar-refractivity contribution < 1.29 is 0 Å². The van der Waals surface area contributed by atoms with Crippen molar-refractivity contribution in [2.75, 3.05) is 13.1 Å². The van der Waals surface area contributed by atoms with Crippen molar-refractivity contribution in [3.63, 3.8) is 0 Å². The van der Waals surface area contributed by atoms with Gasteiger partial charge in [-0.1, -0.05) is 13.8 Å². The zero-order chi connectivity index (χ0) is 19.4. The zero-order valence-electron chi connectivity index (χ0n) is 17.0. The van der Waals surface area contributed by atoms with Crippen molar-refractivity contribution in [2.24, 2.45) is 0 Å². The lowest BCUT2D eigenvalue weighted by Gasteiger charge is -2.22. The van der Waals surface area contributed by atoms with Gasteiger partial charge in [0.25, 0.3) is 0 Å². The Kier molecular flexibility index (Phi) is 4.29. The van der Waals surface area contributed by atoms with Crippen molar-refractivity contribution in [1.82, 2.24) is 24.9 Å². The first-order valence-electron chi connectivity index (χ1n) is 10.2. The fourth-order valence-corrected chi connectivity index (χ4v) is 6.15. The SMILES string of the molecule is Cc1c(C2CCNCC2)sc2[nH]c(-c3cc(C)c4ncnn4c3)c(C(C)C)c12. The number of nitrogens with one attached hydrogen (secondary N) is 2. The van der Waals surface area contributed by atoms with Gasteiger partial charge in [0.1, 0.15) is 11.2 Å². The number of hydrogen-bond donors (Lipinski definition) is 2. The third kappa shape index (κ3) is 2.70. The number of fused-ring (bicyclic) bond motifs is 2. The first-order valence-corrected chi connectivity index (χ1v) is 11.0. The summed E-state index contributed by atoms with van der Waals surface area (Å²) in [5.74, 6) is 1.15. The molecule has 2 N–H and O–H groups in total. The van der Waals surface area contributed by atoms with Crippen LogP contribution in [0.5, 0.6) is 0 Å². The van der Waals surface area contributed by atoms with Crippen molar-refractivity contribution >= 4 is 27.2 Å². The zero-order valence-corrected chi connectivity index (χ0v) is 17.8.